The Morgan fingerprint density at radius 2 is 2.14 bits per heavy atom. The summed E-state index contributed by atoms with van der Waals surface area (Å²) >= 11 is 7.93. The first-order chi connectivity index (χ1) is 6.58. The van der Waals surface area contributed by atoms with E-state index in [4.69, 9.17) is 5.11 Å². The molecule has 0 aliphatic rings. The minimum absolute atomic E-state index is 0.326. The van der Waals surface area contributed by atoms with Crippen LogP contribution in [0.3, 0.4) is 0 Å². The van der Waals surface area contributed by atoms with Gasteiger partial charge in [-0.3, -0.25) is 0 Å². The third kappa shape index (κ3) is 1.76. The number of fused-ring (bicyclic) bond motifs is 1. The second-order valence-electron chi connectivity index (χ2n) is 2.76. The minimum atomic E-state index is -0.903. The molecular formula is C9H5IO2S2. The lowest BCUT2D eigenvalue weighted by molar-refractivity contribution is 0.0699. The van der Waals surface area contributed by atoms with Crippen LogP contribution in [0.5, 0.6) is 0 Å². The molecule has 0 saturated carbocycles. The van der Waals surface area contributed by atoms with Gasteiger partial charge in [0.15, 0.2) is 0 Å². The van der Waals surface area contributed by atoms with Crippen LogP contribution in [-0.2, 0) is 0 Å². The lowest BCUT2D eigenvalue weighted by atomic mass is 10.1. The lowest BCUT2D eigenvalue weighted by Crippen LogP contribution is -1.96. The van der Waals surface area contributed by atoms with Crippen LogP contribution in [0, 0.1) is 2.88 Å². The maximum absolute atomic E-state index is 10.9. The van der Waals surface area contributed by atoms with E-state index in [2.05, 4.69) is 35.2 Å². The molecule has 0 unspecified atom stereocenters. The average Bonchev–Trinajstić information content (AvgIpc) is 2.42. The summed E-state index contributed by atoms with van der Waals surface area (Å²) in [6.07, 6.45) is 0. The van der Waals surface area contributed by atoms with Crippen LogP contribution in [0.1, 0.15) is 10.4 Å². The third-order valence-corrected chi connectivity index (χ3v) is 3.92. The van der Waals surface area contributed by atoms with Crippen molar-refractivity contribution in [2.75, 3.05) is 0 Å². The van der Waals surface area contributed by atoms with Gasteiger partial charge in [0.05, 0.1) is 8.45 Å². The van der Waals surface area contributed by atoms with E-state index in [1.807, 2.05) is 12.1 Å². The van der Waals surface area contributed by atoms with Crippen molar-refractivity contribution in [3.05, 3.63) is 26.6 Å². The van der Waals surface area contributed by atoms with Gasteiger partial charge in [0.1, 0.15) is 0 Å². The highest BCUT2D eigenvalue weighted by Gasteiger charge is 2.11. The molecule has 72 valence electrons. The topological polar surface area (TPSA) is 37.3 Å². The molecule has 0 amide bonds. The van der Waals surface area contributed by atoms with Gasteiger partial charge in [0.2, 0.25) is 0 Å². The van der Waals surface area contributed by atoms with Crippen molar-refractivity contribution in [3.8, 4) is 0 Å². The lowest BCUT2D eigenvalue weighted by Gasteiger charge is -1.98. The van der Waals surface area contributed by atoms with Gasteiger partial charge in [-0.05, 0) is 40.8 Å². The number of carboxylic acid groups (broad SMARTS) is 1. The fourth-order valence-electron chi connectivity index (χ4n) is 1.27. The Bertz CT molecular complexity index is 519. The zero-order valence-electron chi connectivity index (χ0n) is 6.82. The summed E-state index contributed by atoms with van der Waals surface area (Å²) in [6, 6.07) is 5.35. The Morgan fingerprint density at radius 1 is 1.43 bits per heavy atom. The van der Waals surface area contributed by atoms with Gasteiger partial charge in [-0.15, -0.1) is 24.0 Å². The molecule has 1 aromatic carbocycles. The molecule has 14 heavy (non-hydrogen) atoms. The molecular weight excluding hydrogens is 331 g/mol. The Morgan fingerprint density at radius 3 is 2.79 bits per heavy atom. The highest BCUT2D eigenvalue weighted by atomic mass is 127. The van der Waals surface area contributed by atoms with E-state index in [0.29, 0.717) is 10.5 Å². The van der Waals surface area contributed by atoms with Crippen molar-refractivity contribution in [3.63, 3.8) is 0 Å². The summed E-state index contributed by atoms with van der Waals surface area (Å²) in [5.41, 5.74) is 0.326. The number of thiophene rings is 1. The Hall–Kier alpha value is -0.270. The molecule has 2 aromatic rings. The molecule has 0 aliphatic heterocycles. The van der Waals surface area contributed by atoms with Crippen LogP contribution in [0.4, 0.5) is 0 Å². The van der Waals surface area contributed by atoms with Gasteiger partial charge in [-0.2, -0.15) is 0 Å². The number of benzene rings is 1. The number of rotatable bonds is 1. The van der Waals surface area contributed by atoms with Gasteiger partial charge in [-0.1, -0.05) is 0 Å². The van der Waals surface area contributed by atoms with Crippen molar-refractivity contribution in [1.29, 1.82) is 0 Å². The highest BCUT2D eigenvalue weighted by molar-refractivity contribution is 14.1. The first kappa shape index (κ1) is 10.3. The van der Waals surface area contributed by atoms with Gasteiger partial charge in [-0.25, -0.2) is 4.79 Å². The third-order valence-electron chi connectivity index (χ3n) is 1.82. The van der Waals surface area contributed by atoms with Crippen LogP contribution in [0.15, 0.2) is 23.1 Å². The van der Waals surface area contributed by atoms with Gasteiger partial charge in [0.25, 0.3) is 0 Å². The summed E-state index contributed by atoms with van der Waals surface area (Å²) < 4.78 is 2.05. The second kappa shape index (κ2) is 3.71. The molecule has 1 aromatic heterocycles. The molecule has 2 rings (SSSR count). The number of thiol groups is 1. The van der Waals surface area contributed by atoms with Crippen LogP contribution in [0.25, 0.3) is 10.1 Å². The maximum Gasteiger partial charge on any atom is 0.336 e. The molecule has 0 atom stereocenters. The SMILES string of the molecule is O=C(O)c1cc(S)cc2sc(I)cc12. The van der Waals surface area contributed by atoms with Crippen LogP contribution >= 0.6 is 46.6 Å². The van der Waals surface area contributed by atoms with E-state index in [-0.39, 0.29) is 0 Å². The number of hydrogen-bond donors (Lipinski definition) is 2. The highest BCUT2D eigenvalue weighted by Crippen LogP contribution is 2.31. The number of carbonyl (C=O) groups is 1. The first-order valence-electron chi connectivity index (χ1n) is 3.73. The summed E-state index contributed by atoms with van der Waals surface area (Å²) in [5, 5.41) is 9.78. The number of aromatic carboxylic acids is 1. The molecule has 0 fully saturated rings. The summed E-state index contributed by atoms with van der Waals surface area (Å²) in [6.45, 7) is 0. The summed E-state index contributed by atoms with van der Waals surface area (Å²) in [4.78, 5) is 11.6. The number of carboxylic acids is 1. The smallest absolute Gasteiger partial charge is 0.336 e. The molecule has 1 heterocycles. The zero-order valence-corrected chi connectivity index (χ0v) is 10.7. The van der Waals surface area contributed by atoms with E-state index >= 15 is 0 Å². The second-order valence-corrected chi connectivity index (χ2v) is 6.26. The van der Waals surface area contributed by atoms with Gasteiger partial charge in [0, 0.05) is 15.0 Å². The summed E-state index contributed by atoms with van der Waals surface area (Å²) in [5.74, 6) is -0.903. The van der Waals surface area contributed by atoms with E-state index in [0.717, 1.165) is 13.0 Å². The van der Waals surface area contributed by atoms with Crippen molar-refractivity contribution in [2.45, 2.75) is 4.90 Å². The van der Waals surface area contributed by atoms with E-state index < -0.39 is 5.97 Å². The zero-order chi connectivity index (χ0) is 10.3. The van der Waals surface area contributed by atoms with Crippen LogP contribution in [0.2, 0.25) is 0 Å². The van der Waals surface area contributed by atoms with Gasteiger partial charge < -0.3 is 5.11 Å². The molecule has 0 radical (unpaired) electrons. The fraction of sp³-hybridized carbons (Fsp3) is 0. The average molecular weight is 336 g/mol. The molecule has 5 heteroatoms. The predicted molar refractivity (Wildman–Crippen MR) is 68.8 cm³/mol. The van der Waals surface area contributed by atoms with Crippen molar-refractivity contribution in [2.24, 2.45) is 0 Å². The molecule has 1 N–H and O–H groups in total. The fourth-order valence-corrected chi connectivity index (χ4v) is 3.49. The summed E-state index contributed by atoms with van der Waals surface area (Å²) in [7, 11) is 0. The Balaban J connectivity index is 2.85. The van der Waals surface area contributed by atoms with E-state index in [1.165, 1.54) is 0 Å². The first-order valence-corrected chi connectivity index (χ1v) is 6.07. The standard InChI is InChI=1S/C9H5IO2S2/c10-8-3-5-6(9(11)12)1-4(13)2-7(5)14-8/h1-3,13H,(H,11,12). The maximum atomic E-state index is 10.9. The number of hydrogen-bond acceptors (Lipinski definition) is 3. The Kier molecular flexibility index (Phi) is 2.72. The van der Waals surface area contributed by atoms with Crippen molar-refractivity contribution < 1.29 is 9.90 Å². The normalized spacial score (nSPS) is 10.7. The molecule has 0 bridgehead atoms. The minimum Gasteiger partial charge on any atom is -0.478 e. The Labute approximate surface area is 103 Å². The quantitative estimate of drug-likeness (QED) is 0.618. The van der Waals surface area contributed by atoms with Crippen LogP contribution < -0.4 is 0 Å². The predicted octanol–water partition coefficient (Wildman–Crippen LogP) is 3.49. The van der Waals surface area contributed by atoms with Crippen molar-refractivity contribution in [1.82, 2.24) is 0 Å². The van der Waals surface area contributed by atoms with Gasteiger partial charge >= 0.3 is 5.97 Å². The number of halogens is 1. The largest absolute Gasteiger partial charge is 0.478 e. The van der Waals surface area contributed by atoms with E-state index in [1.54, 1.807) is 17.4 Å². The van der Waals surface area contributed by atoms with Crippen molar-refractivity contribution >= 4 is 62.6 Å². The monoisotopic (exact) mass is 336 g/mol. The van der Waals surface area contributed by atoms with E-state index in [9.17, 15) is 4.79 Å². The van der Waals surface area contributed by atoms with Crippen LogP contribution in [-0.4, -0.2) is 11.1 Å². The molecule has 0 aliphatic carbocycles. The molecule has 2 nitrogen and oxygen atoms in total. The molecule has 0 spiro atoms. The molecule has 0 saturated heterocycles.